The van der Waals surface area contributed by atoms with E-state index in [1.165, 1.54) is 4.31 Å². The molecule has 17 heavy (non-hydrogen) atoms. The number of carbonyl (C=O) groups excluding carboxylic acids is 1. The Balaban J connectivity index is 3.05. The minimum absolute atomic E-state index is 0.230. The lowest BCUT2D eigenvalue weighted by molar-refractivity contribution is -0.126. The van der Waals surface area contributed by atoms with E-state index in [9.17, 15) is 13.2 Å². The molecule has 1 fully saturated rings. The van der Waals surface area contributed by atoms with E-state index in [-0.39, 0.29) is 18.9 Å². The highest BCUT2D eigenvalue weighted by Gasteiger charge is 2.40. The van der Waals surface area contributed by atoms with Gasteiger partial charge in [-0.25, -0.2) is 8.42 Å². The molecule has 7 heteroatoms. The number of sulfonamides is 1. The number of nitriles is 1. The normalized spacial score (nSPS) is 23.8. The molecular weight excluding hydrogens is 242 g/mol. The van der Waals surface area contributed by atoms with E-state index in [0.29, 0.717) is 13.0 Å². The van der Waals surface area contributed by atoms with Crippen LogP contribution < -0.4 is 5.32 Å². The molecule has 0 radical (unpaired) electrons. The monoisotopic (exact) mass is 259 g/mol. The van der Waals surface area contributed by atoms with Crippen molar-refractivity contribution in [2.45, 2.75) is 38.0 Å². The van der Waals surface area contributed by atoms with E-state index in [1.54, 1.807) is 19.9 Å². The van der Waals surface area contributed by atoms with Crippen molar-refractivity contribution in [1.82, 2.24) is 9.62 Å². The fraction of sp³-hybridized carbons (Fsp3) is 0.800. The summed E-state index contributed by atoms with van der Waals surface area (Å²) in [4.78, 5) is 11.6. The number of amides is 1. The van der Waals surface area contributed by atoms with Crippen LogP contribution in [0.15, 0.2) is 0 Å². The molecule has 1 rings (SSSR count). The van der Waals surface area contributed by atoms with E-state index in [0.717, 1.165) is 0 Å². The van der Waals surface area contributed by atoms with E-state index >= 15 is 0 Å². The molecule has 1 aliphatic heterocycles. The van der Waals surface area contributed by atoms with Crippen LogP contribution in [0, 0.1) is 11.3 Å². The van der Waals surface area contributed by atoms with Crippen LogP contribution in [-0.4, -0.2) is 43.0 Å². The third-order valence-corrected chi connectivity index (χ3v) is 5.12. The molecule has 0 aliphatic carbocycles. The Hall–Kier alpha value is -1.13. The lowest BCUT2D eigenvalue weighted by Gasteiger charge is -2.34. The predicted molar refractivity (Wildman–Crippen MR) is 62.4 cm³/mol. The first kappa shape index (κ1) is 13.9. The molecule has 1 saturated heterocycles. The SMILES string of the molecule is CCC1C(=O)NCCN1S(=O)(=O)C(C#N)CC. The minimum atomic E-state index is -3.71. The maximum Gasteiger partial charge on any atom is 0.238 e. The zero-order valence-electron chi connectivity index (χ0n) is 10.0. The lowest BCUT2D eigenvalue weighted by atomic mass is 10.2. The molecule has 1 amide bonds. The fourth-order valence-corrected chi connectivity index (χ4v) is 3.75. The number of nitrogens with one attached hydrogen (secondary N) is 1. The van der Waals surface area contributed by atoms with Crippen molar-refractivity contribution in [3.8, 4) is 6.07 Å². The summed E-state index contributed by atoms with van der Waals surface area (Å²) in [6.45, 7) is 3.95. The second-order valence-corrected chi connectivity index (χ2v) is 5.96. The first-order chi connectivity index (χ1) is 7.98. The summed E-state index contributed by atoms with van der Waals surface area (Å²) in [5.74, 6) is -0.282. The number of piperazine rings is 1. The highest BCUT2D eigenvalue weighted by molar-refractivity contribution is 7.90. The Morgan fingerprint density at radius 2 is 2.24 bits per heavy atom. The van der Waals surface area contributed by atoms with Gasteiger partial charge in [-0.1, -0.05) is 13.8 Å². The molecule has 0 bridgehead atoms. The van der Waals surface area contributed by atoms with Gasteiger partial charge in [0.15, 0.2) is 5.25 Å². The fourth-order valence-electron chi connectivity index (χ4n) is 1.92. The van der Waals surface area contributed by atoms with Crippen molar-refractivity contribution in [3.05, 3.63) is 0 Å². The predicted octanol–water partition coefficient (Wildman–Crippen LogP) is -0.171. The molecule has 0 saturated carbocycles. The first-order valence-corrected chi connectivity index (χ1v) is 7.17. The highest BCUT2D eigenvalue weighted by Crippen LogP contribution is 2.19. The maximum atomic E-state index is 12.2. The molecule has 6 nitrogen and oxygen atoms in total. The quantitative estimate of drug-likeness (QED) is 0.759. The molecule has 96 valence electrons. The molecule has 1 aliphatic rings. The summed E-state index contributed by atoms with van der Waals surface area (Å²) in [6, 6.07) is 1.10. The largest absolute Gasteiger partial charge is 0.353 e. The smallest absolute Gasteiger partial charge is 0.238 e. The molecule has 2 atom stereocenters. The highest BCUT2D eigenvalue weighted by atomic mass is 32.2. The van der Waals surface area contributed by atoms with Crippen molar-refractivity contribution in [1.29, 1.82) is 5.26 Å². The Labute approximate surface area is 102 Å². The number of nitrogens with zero attached hydrogens (tertiary/aromatic N) is 2. The van der Waals surface area contributed by atoms with Gasteiger partial charge in [-0.2, -0.15) is 9.57 Å². The second kappa shape index (κ2) is 5.47. The Morgan fingerprint density at radius 1 is 1.59 bits per heavy atom. The van der Waals surface area contributed by atoms with E-state index in [1.807, 2.05) is 0 Å². The second-order valence-electron chi connectivity index (χ2n) is 3.90. The summed E-state index contributed by atoms with van der Waals surface area (Å²) >= 11 is 0. The first-order valence-electron chi connectivity index (χ1n) is 5.67. The van der Waals surface area contributed by atoms with Gasteiger partial charge in [0.05, 0.1) is 6.07 Å². The molecule has 0 aromatic heterocycles. The van der Waals surface area contributed by atoms with Crippen LogP contribution in [0.5, 0.6) is 0 Å². The van der Waals surface area contributed by atoms with Gasteiger partial charge in [0.25, 0.3) is 0 Å². The van der Waals surface area contributed by atoms with Crippen LogP contribution in [0.3, 0.4) is 0 Å². The molecule has 0 spiro atoms. The van der Waals surface area contributed by atoms with Crippen LogP contribution in [0.1, 0.15) is 26.7 Å². The van der Waals surface area contributed by atoms with Crippen molar-refractivity contribution < 1.29 is 13.2 Å². The third-order valence-electron chi connectivity index (χ3n) is 2.87. The summed E-state index contributed by atoms with van der Waals surface area (Å²) in [6.07, 6.45) is 0.639. The van der Waals surface area contributed by atoms with Crippen LogP contribution in [0.2, 0.25) is 0 Å². The van der Waals surface area contributed by atoms with Gasteiger partial charge in [0.2, 0.25) is 15.9 Å². The average Bonchev–Trinajstić information content (AvgIpc) is 2.29. The molecule has 0 aromatic carbocycles. The molecule has 1 N–H and O–H groups in total. The summed E-state index contributed by atoms with van der Waals surface area (Å²) in [5, 5.41) is 10.4. The zero-order valence-corrected chi connectivity index (χ0v) is 10.8. The van der Waals surface area contributed by atoms with E-state index in [2.05, 4.69) is 5.32 Å². The summed E-state index contributed by atoms with van der Waals surface area (Å²) in [5.41, 5.74) is 0. The topological polar surface area (TPSA) is 90.3 Å². The molecular formula is C10H17N3O3S. The summed E-state index contributed by atoms with van der Waals surface area (Å²) in [7, 11) is -3.71. The molecule has 2 unspecified atom stereocenters. The Bertz CT molecular complexity index is 427. The summed E-state index contributed by atoms with van der Waals surface area (Å²) < 4.78 is 25.5. The van der Waals surface area contributed by atoms with Gasteiger partial charge in [-0.15, -0.1) is 0 Å². The number of hydrogen-bond acceptors (Lipinski definition) is 4. The zero-order chi connectivity index (χ0) is 13.1. The lowest BCUT2D eigenvalue weighted by Crippen LogP contribution is -2.58. The van der Waals surface area contributed by atoms with Crippen LogP contribution >= 0.6 is 0 Å². The van der Waals surface area contributed by atoms with Gasteiger partial charge >= 0.3 is 0 Å². The third kappa shape index (κ3) is 2.58. The maximum absolute atomic E-state index is 12.2. The van der Waals surface area contributed by atoms with Crippen molar-refractivity contribution >= 4 is 15.9 Å². The Kier molecular flexibility index (Phi) is 4.48. The van der Waals surface area contributed by atoms with Crippen LogP contribution in [0.25, 0.3) is 0 Å². The number of hydrogen-bond donors (Lipinski definition) is 1. The van der Waals surface area contributed by atoms with Gasteiger partial charge in [-0.05, 0) is 12.8 Å². The van der Waals surface area contributed by atoms with Crippen LogP contribution in [0.4, 0.5) is 0 Å². The molecule has 0 aromatic rings. The van der Waals surface area contributed by atoms with Crippen LogP contribution in [-0.2, 0) is 14.8 Å². The van der Waals surface area contributed by atoms with Gasteiger partial charge in [0.1, 0.15) is 6.04 Å². The minimum Gasteiger partial charge on any atom is -0.353 e. The Morgan fingerprint density at radius 3 is 2.71 bits per heavy atom. The van der Waals surface area contributed by atoms with E-state index < -0.39 is 21.3 Å². The standard InChI is InChI=1S/C10H17N3O3S/c1-3-8(7-11)17(15,16)13-6-5-12-10(14)9(13)4-2/h8-9H,3-6H2,1-2H3,(H,12,14). The van der Waals surface area contributed by atoms with Gasteiger partial charge < -0.3 is 5.32 Å². The van der Waals surface area contributed by atoms with Crippen molar-refractivity contribution in [2.24, 2.45) is 0 Å². The van der Waals surface area contributed by atoms with Gasteiger partial charge in [0, 0.05) is 13.1 Å². The van der Waals surface area contributed by atoms with Crippen molar-refractivity contribution in [3.63, 3.8) is 0 Å². The number of rotatable bonds is 4. The van der Waals surface area contributed by atoms with Crippen molar-refractivity contribution in [2.75, 3.05) is 13.1 Å². The number of carbonyl (C=O) groups is 1. The molecule has 1 heterocycles. The average molecular weight is 259 g/mol. The van der Waals surface area contributed by atoms with E-state index in [4.69, 9.17) is 5.26 Å². The van der Waals surface area contributed by atoms with Gasteiger partial charge in [-0.3, -0.25) is 4.79 Å².